The molecule has 0 aromatic carbocycles. The van der Waals surface area contributed by atoms with E-state index >= 15 is 0 Å². The highest BCUT2D eigenvalue weighted by molar-refractivity contribution is 7.14. The second-order valence-electron chi connectivity index (χ2n) is 6.63. The molecule has 1 aliphatic carbocycles. The highest BCUT2D eigenvalue weighted by Gasteiger charge is 2.37. The lowest BCUT2D eigenvalue weighted by atomic mass is 9.75. The van der Waals surface area contributed by atoms with Gasteiger partial charge in [-0.2, -0.15) is 0 Å². The molecule has 0 radical (unpaired) electrons. The quantitative estimate of drug-likeness (QED) is 0.899. The Morgan fingerprint density at radius 2 is 2.29 bits per heavy atom. The van der Waals surface area contributed by atoms with Crippen molar-refractivity contribution in [2.75, 3.05) is 26.4 Å². The van der Waals surface area contributed by atoms with Gasteiger partial charge in [0.25, 0.3) is 5.91 Å². The molecule has 0 bridgehead atoms. The number of nitrogens with one attached hydrogen (secondary N) is 1. The van der Waals surface area contributed by atoms with Gasteiger partial charge in [0.2, 0.25) is 0 Å². The van der Waals surface area contributed by atoms with Gasteiger partial charge in [0.1, 0.15) is 0 Å². The topological polar surface area (TPSA) is 58.4 Å². The van der Waals surface area contributed by atoms with Gasteiger partial charge in [-0.05, 0) is 45.8 Å². The van der Waals surface area contributed by atoms with Crippen molar-refractivity contribution < 1.29 is 4.79 Å². The van der Waals surface area contributed by atoms with E-state index in [-0.39, 0.29) is 11.4 Å². The van der Waals surface area contributed by atoms with Crippen LogP contribution in [0, 0.1) is 12.8 Å². The van der Waals surface area contributed by atoms with Crippen molar-refractivity contribution in [3.8, 4) is 0 Å². The Bertz CT molecular complexity index is 492. The van der Waals surface area contributed by atoms with Crippen molar-refractivity contribution in [1.82, 2.24) is 10.2 Å². The van der Waals surface area contributed by atoms with Crippen LogP contribution in [0.5, 0.6) is 0 Å². The number of amides is 1. The van der Waals surface area contributed by atoms with Crippen LogP contribution >= 0.6 is 11.3 Å². The molecule has 2 rings (SSSR count). The fourth-order valence-electron chi connectivity index (χ4n) is 3.30. The van der Waals surface area contributed by atoms with E-state index in [2.05, 4.69) is 31.2 Å². The average molecular weight is 309 g/mol. The molecule has 1 fully saturated rings. The van der Waals surface area contributed by atoms with Crippen LogP contribution in [-0.4, -0.2) is 37.0 Å². The lowest BCUT2D eigenvalue weighted by Gasteiger charge is -2.45. The van der Waals surface area contributed by atoms with Crippen LogP contribution in [0.4, 0.5) is 5.69 Å². The van der Waals surface area contributed by atoms with Gasteiger partial charge >= 0.3 is 0 Å². The second-order valence-corrected chi connectivity index (χ2v) is 7.88. The number of nitrogen functional groups attached to an aromatic ring is 1. The third-order valence-corrected chi connectivity index (χ3v) is 5.84. The van der Waals surface area contributed by atoms with Gasteiger partial charge in [-0.25, -0.2) is 0 Å². The number of likely N-dealkylation sites (N-methyl/N-ethyl adjacent to an activating group) is 1. The molecule has 4 nitrogen and oxygen atoms in total. The normalized spacial score (nSPS) is 26.0. The molecule has 2 unspecified atom stereocenters. The Morgan fingerprint density at radius 3 is 2.81 bits per heavy atom. The molecule has 118 valence electrons. The summed E-state index contributed by atoms with van der Waals surface area (Å²) in [6, 6.07) is 1.78. The minimum Gasteiger partial charge on any atom is -0.398 e. The maximum absolute atomic E-state index is 12.3. The molecule has 1 aromatic rings. The van der Waals surface area contributed by atoms with Crippen molar-refractivity contribution in [3.05, 3.63) is 15.8 Å². The molecule has 3 N–H and O–H groups in total. The molecular formula is C16H27N3OS. The summed E-state index contributed by atoms with van der Waals surface area (Å²) in [5, 5.41) is 3.13. The van der Waals surface area contributed by atoms with Gasteiger partial charge in [-0.1, -0.05) is 19.8 Å². The molecule has 1 amide bonds. The zero-order valence-corrected chi connectivity index (χ0v) is 14.3. The molecular weight excluding hydrogens is 282 g/mol. The number of nitrogens with two attached hydrogens (primary N) is 1. The van der Waals surface area contributed by atoms with Crippen molar-refractivity contribution in [3.63, 3.8) is 0 Å². The predicted octanol–water partition coefficient (Wildman–Crippen LogP) is 2.88. The van der Waals surface area contributed by atoms with Crippen LogP contribution in [0.15, 0.2) is 6.07 Å². The molecule has 0 saturated heterocycles. The standard InChI is InChI=1S/C16H27N3OS/c1-11-6-5-7-16(9-11,19(3)4)10-18-15(20)14-8-13(17)12(2)21-14/h8,11H,5-7,9-10,17H2,1-4H3,(H,18,20). The lowest BCUT2D eigenvalue weighted by molar-refractivity contribution is 0.0677. The van der Waals surface area contributed by atoms with Gasteiger partial charge in [-0.3, -0.25) is 4.79 Å². The molecule has 0 spiro atoms. The predicted molar refractivity (Wildman–Crippen MR) is 89.9 cm³/mol. The minimum absolute atomic E-state index is 0.000693. The molecule has 0 aliphatic heterocycles. The summed E-state index contributed by atoms with van der Waals surface area (Å²) in [5.41, 5.74) is 6.63. The molecule has 21 heavy (non-hydrogen) atoms. The Labute approximate surface area is 131 Å². The van der Waals surface area contributed by atoms with E-state index in [1.54, 1.807) is 6.07 Å². The van der Waals surface area contributed by atoms with E-state index in [1.807, 2.05) is 6.92 Å². The van der Waals surface area contributed by atoms with Crippen LogP contribution in [0.3, 0.4) is 0 Å². The van der Waals surface area contributed by atoms with E-state index in [1.165, 1.54) is 24.2 Å². The number of aryl methyl sites for hydroxylation is 1. The number of rotatable bonds is 4. The first-order valence-corrected chi connectivity index (χ1v) is 8.47. The average Bonchev–Trinajstić information content (AvgIpc) is 2.76. The number of carbonyl (C=O) groups is 1. The maximum atomic E-state index is 12.3. The van der Waals surface area contributed by atoms with Gasteiger partial charge in [-0.15, -0.1) is 11.3 Å². The van der Waals surface area contributed by atoms with Crippen LogP contribution in [-0.2, 0) is 0 Å². The monoisotopic (exact) mass is 309 g/mol. The van der Waals surface area contributed by atoms with Gasteiger partial charge in [0.15, 0.2) is 0 Å². The van der Waals surface area contributed by atoms with Crippen LogP contribution in [0.1, 0.15) is 47.2 Å². The van der Waals surface area contributed by atoms with E-state index < -0.39 is 0 Å². The molecule has 1 saturated carbocycles. The molecule has 1 aliphatic rings. The summed E-state index contributed by atoms with van der Waals surface area (Å²) in [6.07, 6.45) is 4.83. The SMILES string of the molecule is Cc1sc(C(=O)NCC2(N(C)C)CCCC(C)C2)cc1N. The van der Waals surface area contributed by atoms with Crippen molar-refractivity contribution in [2.45, 2.75) is 45.1 Å². The zero-order valence-electron chi connectivity index (χ0n) is 13.5. The summed E-state index contributed by atoms with van der Waals surface area (Å²) < 4.78 is 0. The molecule has 1 aromatic heterocycles. The van der Waals surface area contributed by atoms with E-state index in [0.29, 0.717) is 17.1 Å². The fraction of sp³-hybridized carbons (Fsp3) is 0.688. The van der Waals surface area contributed by atoms with E-state index in [9.17, 15) is 4.79 Å². The van der Waals surface area contributed by atoms with Crippen LogP contribution < -0.4 is 11.1 Å². The Kier molecular flexibility index (Phi) is 4.94. The van der Waals surface area contributed by atoms with Gasteiger partial charge < -0.3 is 16.0 Å². The Balaban J connectivity index is 2.03. The molecule has 1 heterocycles. The fourth-order valence-corrected chi connectivity index (χ4v) is 4.15. The first kappa shape index (κ1) is 16.3. The molecule has 2 atom stereocenters. The van der Waals surface area contributed by atoms with E-state index in [0.717, 1.165) is 23.6 Å². The highest BCUT2D eigenvalue weighted by Crippen LogP contribution is 2.35. The van der Waals surface area contributed by atoms with Crippen molar-refractivity contribution in [2.24, 2.45) is 5.92 Å². The summed E-state index contributed by atoms with van der Waals surface area (Å²) in [6.45, 7) is 4.96. The first-order chi connectivity index (χ1) is 9.84. The second kappa shape index (κ2) is 6.36. The number of hydrogen-bond donors (Lipinski definition) is 2. The highest BCUT2D eigenvalue weighted by atomic mass is 32.1. The largest absolute Gasteiger partial charge is 0.398 e. The third-order valence-electron chi connectivity index (χ3n) is 4.77. The van der Waals surface area contributed by atoms with Gasteiger partial charge in [0.05, 0.1) is 4.88 Å². The van der Waals surface area contributed by atoms with Crippen molar-refractivity contribution >= 4 is 22.9 Å². The number of carbonyl (C=O) groups excluding carboxylic acids is 1. The minimum atomic E-state index is -0.000693. The van der Waals surface area contributed by atoms with E-state index in [4.69, 9.17) is 5.73 Å². The number of anilines is 1. The summed E-state index contributed by atoms with van der Waals surface area (Å²) in [7, 11) is 4.24. The van der Waals surface area contributed by atoms with Gasteiger partial charge in [0, 0.05) is 22.6 Å². The number of nitrogens with zero attached hydrogens (tertiary/aromatic N) is 1. The summed E-state index contributed by atoms with van der Waals surface area (Å²) in [4.78, 5) is 16.3. The number of hydrogen-bond acceptors (Lipinski definition) is 4. The Hall–Kier alpha value is -1.07. The number of thiophene rings is 1. The smallest absolute Gasteiger partial charge is 0.261 e. The first-order valence-electron chi connectivity index (χ1n) is 7.65. The summed E-state index contributed by atoms with van der Waals surface area (Å²) >= 11 is 1.47. The zero-order chi connectivity index (χ0) is 15.6. The molecule has 5 heteroatoms. The third kappa shape index (κ3) is 3.58. The lowest BCUT2D eigenvalue weighted by Crippen LogP contribution is -2.55. The Morgan fingerprint density at radius 1 is 1.57 bits per heavy atom. The van der Waals surface area contributed by atoms with Crippen molar-refractivity contribution in [1.29, 1.82) is 0 Å². The van der Waals surface area contributed by atoms with Crippen LogP contribution in [0.2, 0.25) is 0 Å². The van der Waals surface area contributed by atoms with Crippen LogP contribution in [0.25, 0.3) is 0 Å². The summed E-state index contributed by atoms with van der Waals surface area (Å²) in [5.74, 6) is 0.719. The maximum Gasteiger partial charge on any atom is 0.261 e.